The summed E-state index contributed by atoms with van der Waals surface area (Å²) in [7, 11) is 1.26. The summed E-state index contributed by atoms with van der Waals surface area (Å²) in [5.41, 5.74) is 6.70. The number of carbonyl (C=O) groups is 2. The molecule has 0 fully saturated rings. The van der Waals surface area contributed by atoms with E-state index in [9.17, 15) is 14.7 Å². The number of ether oxygens (including phenoxy) is 1. The Balaban J connectivity index is 2.69. The lowest BCUT2D eigenvalue weighted by Gasteiger charge is -2.22. The van der Waals surface area contributed by atoms with Gasteiger partial charge in [0, 0.05) is 12.5 Å². The van der Waals surface area contributed by atoms with Crippen LogP contribution < -0.4 is 11.1 Å². The molecular weight excluding hydrogens is 296 g/mol. The second kappa shape index (κ2) is 9.97. The summed E-state index contributed by atoms with van der Waals surface area (Å²) in [5.74, 6) is -1.21. The molecule has 1 amide bonds. The molecule has 0 saturated heterocycles. The standard InChI is InChI=1S/C17H26N2O4/c1-3-4-10-13(18)15(20)16(21)19-14(17(22)23-2)11-12-8-6-5-7-9-12/h5-9,13-15,20H,3-4,10-11,18H2,1-2H3,(H,19,21)/t13?,14-,15?/m0/s1. The number of unbranched alkanes of at least 4 members (excludes halogenated alkanes) is 1. The molecule has 0 radical (unpaired) electrons. The third kappa shape index (κ3) is 6.38. The van der Waals surface area contributed by atoms with E-state index < -0.39 is 30.1 Å². The van der Waals surface area contributed by atoms with Gasteiger partial charge in [0.2, 0.25) is 0 Å². The number of hydrogen-bond acceptors (Lipinski definition) is 5. The van der Waals surface area contributed by atoms with Crippen molar-refractivity contribution < 1.29 is 19.4 Å². The van der Waals surface area contributed by atoms with Crippen LogP contribution in [0.4, 0.5) is 0 Å². The van der Waals surface area contributed by atoms with Crippen molar-refractivity contribution in [1.29, 1.82) is 0 Å². The Bertz CT molecular complexity index is 493. The van der Waals surface area contributed by atoms with Gasteiger partial charge in [0.1, 0.15) is 12.1 Å². The first-order valence-corrected chi connectivity index (χ1v) is 7.85. The fourth-order valence-electron chi connectivity index (χ4n) is 2.23. The van der Waals surface area contributed by atoms with E-state index in [-0.39, 0.29) is 6.42 Å². The molecule has 0 saturated carbocycles. The second-order valence-corrected chi connectivity index (χ2v) is 5.52. The average molecular weight is 322 g/mol. The van der Waals surface area contributed by atoms with Crippen LogP contribution in [0, 0.1) is 0 Å². The number of nitrogens with two attached hydrogens (primary N) is 1. The van der Waals surface area contributed by atoms with E-state index in [2.05, 4.69) is 5.32 Å². The predicted octanol–water partition coefficient (Wildman–Crippen LogP) is 0.765. The Morgan fingerprint density at radius 1 is 1.30 bits per heavy atom. The molecule has 0 heterocycles. The summed E-state index contributed by atoms with van der Waals surface area (Å²) in [5, 5.41) is 12.5. The topological polar surface area (TPSA) is 102 Å². The van der Waals surface area contributed by atoms with Crippen LogP contribution in [0.25, 0.3) is 0 Å². The van der Waals surface area contributed by atoms with Gasteiger partial charge in [-0.3, -0.25) is 4.79 Å². The molecule has 1 rings (SSSR count). The maximum Gasteiger partial charge on any atom is 0.328 e. The third-order valence-electron chi connectivity index (χ3n) is 3.65. The van der Waals surface area contributed by atoms with Gasteiger partial charge < -0.3 is 20.9 Å². The number of benzene rings is 1. The molecule has 3 atom stereocenters. The van der Waals surface area contributed by atoms with E-state index in [0.29, 0.717) is 6.42 Å². The summed E-state index contributed by atoms with van der Waals surface area (Å²) in [6.07, 6.45) is 1.25. The highest BCUT2D eigenvalue weighted by Gasteiger charge is 2.28. The maximum atomic E-state index is 12.1. The van der Waals surface area contributed by atoms with Crippen molar-refractivity contribution in [2.75, 3.05) is 7.11 Å². The number of esters is 1. The van der Waals surface area contributed by atoms with Gasteiger partial charge in [0.15, 0.2) is 0 Å². The zero-order chi connectivity index (χ0) is 17.2. The third-order valence-corrected chi connectivity index (χ3v) is 3.65. The molecular formula is C17H26N2O4. The van der Waals surface area contributed by atoms with Gasteiger partial charge in [0.25, 0.3) is 5.91 Å². The van der Waals surface area contributed by atoms with Crippen LogP contribution in [0.15, 0.2) is 30.3 Å². The zero-order valence-electron chi connectivity index (χ0n) is 13.7. The second-order valence-electron chi connectivity index (χ2n) is 5.52. The van der Waals surface area contributed by atoms with E-state index in [0.717, 1.165) is 18.4 Å². The lowest BCUT2D eigenvalue weighted by Crippen LogP contribution is -2.52. The van der Waals surface area contributed by atoms with Gasteiger partial charge in [-0.15, -0.1) is 0 Å². The smallest absolute Gasteiger partial charge is 0.328 e. The Morgan fingerprint density at radius 3 is 2.52 bits per heavy atom. The van der Waals surface area contributed by atoms with Crippen LogP contribution >= 0.6 is 0 Å². The molecule has 6 nitrogen and oxygen atoms in total. The summed E-state index contributed by atoms with van der Waals surface area (Å²) in [6, 6.07) is 7.76. The highest BCUT2D eigenvalue weighted by Crippen LogP contribution is 2.07. The lowest BCUT2D eigenvalue weighted by atomic mass is 10.0. The number of rotatable bonds is 9. The van der Waals surface area contributed by atoms with Crippen molar-refractivity contribution in [1.82, 2.24) is 5.32 Å². The molecule has 0 aliphatic carbocycles. The fourth-order valence-corrected chi connectivity index (χ4v) is 2.23. The highest BCUT2D eigenvalue weighted by molar-refractivity contribution is 5.87. The van der Waals surface area contributed by atoms with Crippen molar-refractivity contribution in [3.05, 3.63) is 35.9 Å². The molecule has 0 aromatic heterocycles. The summed E-state index contributed by atoms with van der Waals surface area (Å²) in [6.45, 7) is 2.01. The molecule has 4 N–H and O–H groups in total. The number of aliphatic hydroxyl groups excluding tert-OH is 1. The quantitative estimate of drug-likeness (QED) is 0.583. The first-order chi connectivity index (χ1) is 11.0. The van der Waals surface area contributed by atoms with Gasteiger partial charge >= 0.3 is 5.97 Å². The summed E-state index contributed by atoms with van der Waals surface area (Å²) < 4.78 is 4.72. The van der Waals surface area contributed by atoms with E-state index >= 15 is 0 Å². The maximum absolute atomic E-state index is 12.1. The van der Waals surface area contributed by atoms with Crippen molar-refractivity contribution in [2.45, 2.75) is 50.8 Å². The SMILES string of the molecule is CCCCC(N)C(O)C(=O)N[C@@H](Cc1ccccc1)C(=O)OC. The molecule has 1 aromatic carbocycles. The molecule has 0 aliphatic rings. The largest absolute Gasteiger partial charge is 0.467 e. The number of carbonyl (C=O) groups excluding carboxylic acids is 2. The molecule has 128 valence electrons. The van der Waals surface area contributed by atoms with Gasteiger partial charge in [-0.25, -0.2) is 4.79 Å². The van der Waals surface area contributed by atoms with Gasteiger partial charge in [-0.2, -0.15) is 0 Å². The molecule has 1 aromatic rings. The Morgan fingerprint density at radius 2 is 1.96 bits per heavy atom. The molecule has 23 heavy (non-hydrogen) atoms. The van der Waals surface area contributed by atoms with Gasteiger partial charge in [-0.1, -0.05) is 50.1 Å². The molecule has 0 bridgehead atoms. The van der Waals surface area contributed by atoms with Crippen LogP contribution in [-0.2, 0) is 20.7 Å². The van der Waals surface area contributed by atoms with Crippen molar-refractivity contribution >= 4 is 11.9 Å². The first kappa shape index (κ1) is 19.1. The van der Waals surface area contributed by atoms with E-state index in [1.165, 1.54) is 7.11 Å². The highest BCUT2D eigenvalue weighted by atomic mass is 16.5. The van der Waals surface area contributed by atoms with E-state index in [1.54, 1.807) is 0 Å². The van der Waals surface area contributed by atoms with Crippen molar-refractivity contribution in [2.24, 2.45) is 5.73 Å². The average Bonchev–Trinajstić information content (AvgIpc) is 2.58. The molecule has 0 aliphatic heterocycles. The van der Waals surface area contributed by atoms with Crippen LogP contribution in [0.5, 0.6) is 0 Å². The Hall–Kier alpha value is -1.92. The van der Waals surface area contributed by atoms with Gasteiger partial charge in [0.05, 0.1) is 7.11 Å². The minimum Gasteiger partial charge on any atom is -0.467 e. The number of nitrogens with one attached hydrogen (secondary N) is 1. The summed E-state index contributed by atoms with van der Waals surface area (Å²) >= 11 is 0. The first-order valence-electron chi connectivity index (χ1n) is 7.85. The minimum absolute atomic E-state index is 0.288. The molecule has 0 spiro atoms. The Kier molecular flexibility index (Phi) is 8.29. The molecule has 2 unspecified atom stereocenters. The predicted molar refractivity (Wildman–Crippen MR) is 87.6 cm³/mol. The number of amides is 1. The lowest BCUT2D eigenvalue weighted by molar-refractivity contribution is -0.146. The zero-order valence-corrected chi connectivity index (χ0v) is 13.7. The Labute approximate surface area is 137 Å². The number of aliphatic hydroxyl groups is 1. The normalized spacial score (nSPS) is 14.6. The van der Waals surface area contributed by atoms with Crippen LogP contribution in [0.3, 0.4) is 0 Å². The minimum atomic E-state index is -1.34. The fraction of sp³-hybridized carbons (Fsp3) is 0.529. The van der Waals surface area contributed by atoms with Crippen LogP contribution in [-0.4, -0.2) is 42.3 Å². The van der Waals surface area contributed by atoms with Crippen LogP contribution in [0.2, 0.25) is 0 Å². The van der Waals surface area contributed by atoms with Crippen molar-refractivity contribution in [3.8, 4) is 0 Å². The van der Waals surface area contributed by atoms with Gasteiger partial charge in [-0.05, 0) is 12.0 Å². The van der Waals surface area contributed by atoms with E-state index in [4.69, 9.17) is 10.5 Å². The van der Waals surface area contributed by atoms with E-state index in [1.807, 2.05) is 37.3 Å². The monoisotopic (exact) mass is 322 g/mol. The molecule has 6 heteroatoms. The van der Waals surface area contributed by atoms with Crippen molar-refractivity contribution in [3.63, 3.8) is 0 Å². The number of methoxy groups -OCH3 is 1. The summed E-state index contributed by atoms with van der Waals surface area (Å²) in [4.78, 5) is 24.0. The van der Waals surface area contributed by atoms with Crippen LogP contribution in [0.1, 0.15) is 31.7 Å². The number of hydrogen-bond donors (Lipinski definition) is 3.